The molecule has 4 rings (SSSR count). The quantitative estimate of drug-likeness (QED) is 0.452. The molecule has 0 atom stereocenters. The van der Waals surface area contributed by atoms with E-state index in [4.69, 9.17) is 10.5 Å². The first kappa shape index (κ1) is 21.6. The first-order valence-electron chi connectivity index (χ1n) is 10.0. The smallest absolute Gasteiger partial charge is 0.337 e. The minimum absolute atomic E-state index is 0.0446. The molecule has 0 saturated carbocycles. The van der Waals surface area contributed by atoms with Crippen LogP contribution in [0.25, 0.3) is 34.2 Å². The van der Waals surface area contributed by atoms with Crippen LogP contribution in [-0.2, 0) is 4.74 Å². The van der Waals surface area contributed by atoms with Crippen molar-refractivity contribution in [2.45, 2.75) is 6.92 Å². The van der Waals surface area contributed by atoms with Gasteiger partial charge in [-0.15, -0.1) is 0 Å². The molecule has 0 aliphatic rings. The lowest BCUT2D eigenvalue weighted by atomic mass is 10.1. The van der Waals surface area contributed by atoms with E-state index >= 15 is 0 Å². The Kier molecular flexibility index (Phi) is 5.82. The number of carbonyl (C=O) groups is 2. The van der Waals surface area contributed by atoms with Gasteiger partial charge >= 0.3 is 5.97 Å². The number of benzene rings is 3. The van der Waals surface area contributed by atoms with Crippen molar-refractivity contribution in [2.75, 3.05) is 7.11 Å². The molecule has 1 amide bonds. The minimum atomic E-state index is -0.533. The molecule has 0 aliphatic heterocycles. The van der Waals surface area contributed by atoms with Crippen molar-refractivity contribution in [3.63, 3.8) is 0 Å². The number of aryl methyl sites for hydroxylation is 1. The molecule has 0 fully saturated rings. The summed E-state index contributed by atoms with van der Waals surface area (Å²) >= 11 is 0. The highest BCUT2D eigenvalue weighted by molar-refractivity contribution is 5.93. The minimum Gasteiger partial charge on any atom is -0.507 e. The molecule has 3 aromatic carbocycles. The Morgan fingerprint density at radius 2 is 1.30 bits per heavy atom. The average Bonchev–Trinajstić information content (AvgIpc) is 2.83. The van der Waals surface area contributed by atoms with E-state index < -0.39 is 11.9 Å². The Bertz CT molecular complexity index is 1350. The highest BCUT2D eigenvalue weighted by atomic mass is 16.5. The van der Waals surface area contributed by atoms with E-state index in [0.717, 1.165) is 5.56 Å². The fourth-order valence-corrected chi connectivity index (χ4v) is 3.24. The molecule has 1 aromatic heterocycles. The van der Waals surface area contributed by atoms with Gasteiger partial charge in [0.2, 0.25) is 5.91 Å². The molecule has 0 saturated heterocycles. The summed E-state index contributed by atoms with van der Waals surface area (Å²) in [4.78, 5) is 36.9. The van der Waals surface area contributed by atoms with Gasteiger partial charge in [-0.2, -0.15) is 0 Å². The zero-order valence-corrected chi connectivity index (χ0v) is 17.9. The molecule has 0 aliphatic carbocycles. The van der Waals surface area contributed by atoms with Crippen LogP contribution in [0.4, 0.5) is 0 Å². The summed E-state index contributed by atoms with van der Waals surface area (Å²) in [6.07, 6.45) is 0. The van der Waals surface area contributed by atoms with Crippen LogP contribution in [0.2, 0.25) is 0 Å². The average molecular weight is 440 g/mol. The predicted octanol–water partition coefficient (Wildman–Crippen LogP) is 3.77. The second-order valence-electron chi connectivity index (χ2n) is 7.34. The summed E-state index contributed by atoms with van der Waals surface area (Å²) in [5.74, 6) is 0.0479. The van der Waals surface area contributed by atoms with Crippen LogP contribution >= 0.6 is 0 Å². The van der Waals surface area contributed by atoms with Crippen LogP contribution in [0, 0.1) is 6.92 Å². The summed E-state index contributed by atoms with van der Waals surface area (Å²) in [7, 11) is 1.32. The lowest BCUT2D eigenvalue weighted by Crippen LogP contribution is -2.10. The Morgan fingerprint density at radius 3 is 1.79 bits per heavy atom. The first-order valence-corrected chi connectivity index (χ1v) is 10.0. The van der Waals surface area contributed by atoms with E-state index in [1.54, 1.807) is 60.7 Å². The van der Waals surface area contributed by atoms with Crippen molar-refractivity contribution >= 4 is 11.9 Å². The zero-order chi connectivity index (χ0) is 23.5. The van der Waals surface area contributed by atoms with Gasteiger partial charge < -0.3 is 15.6 Å². The summed E-state index contributed by atoms with van der Waals surface area (Å²) in [5, 5.41) is 10.5. The standard InChI is InChI=1S/C25H20N4O4/c1-14-3-12-19(20(30)13-14)24-28-22(16-6-4-15(5-7-16)21(26)31)27-23(29-24)17-8-10-18(11-9-17)25(32)33-2/h3-13,30H,1-2H3,(H2,26,31). The summed E-state index contributed by atoms with van der Waals surface area (Å²) in [6.45, 7) is 1.87. The number of primary amides is 1. The van der Waals surface area contributed by atoms with Crippen LogP contribution < -0.4 is 5.73 Å². The van der Waals surface area contributed by atoms with Gasteiger partial charge in [-0.05, 0) is 48.9 Å². The van der Waals surface area contributed by atoms with E-state index in [1.807, 2.05) is 13.0 Å². The van der Waals surface area contributed by atoms with Crippen molar-refractivity contribution in [1.29, 1.82) is 0 Å². The van der Waals surface area contributed by atoms with Gasteiger partial charge in [0.15, 0.2) is 17.5 Å². The maximum atomic E-state index is 11.8. The van der Waals surface area contributed by atoms with E-state index in [1.165, 1.54) is 7.11 Å². The molecule has 0 spiro atoms. The van der Waals surface area contributed by atoms with Gasteiger partial charge in [-0.25, -0.2) is 19.7 Å². The first-order chi connectivity index (χ1) is 15.9. The lowest BCUT2D eigenvalue weighted by molar-refractivity contribution is 0.0600. The zero-order valence-electron chi connectivity index (χ0n) is 17.9. The number of nitrogens with two attached hydrogens (primary N) is 1. The van der Waals surface area contributed by atoms with Crippen molar-refractivity contribution in [1.82, 2.24) is 15.0 Å². The fourth-order valence-electron chi connectivity index (χ4n) is 3.24. The molecule has 33 heavy (non-hydrogen) atoms. The molecule has 0 unspecified atom stereocenters. The summed E-state index contributed by atoms with van der Waals surface area (Å²) < 4.78 is 4.74. The normalized spacial score (nSPS) is 10.6. The molecule has 8 nitrogen and oxygen atoms in total. The molecule has 164 valence electrons. The molecule has 0 bridgehead atoms. The maximum Gasteiger partial charge on any atom is 0.337 e. The van der Waals surface area contributed by atoms with E-state index in [-0.39, 0.29) is 11.6 Å². The highest BCUT2D eigenvalue weighted by Crippen LogP contribution is 2.30. The van der Waals surface area contributed by atoms with Crippen LogP contribution in [0.3, 0.4) is 0 Å². The fraction of sp³-hybridized carbons (Fsp3) is 0.0800. The number of methoxy groups -OCH3 is 1. The van der Waals surface area contributed by atoms with Crippen LogP contribution in [-0.4, -0.2) is 39.0 Å². The lowest BCUT2D eigenvalue weighted by Gasteiger charge is -2.10. The molecule has 4 aromatic rings. The Morgan fingerprint density at radius 1 is 0.788 bits per heavy atom. The number of hydrogen-bond donors (Lipinski definition) is 2. The largest absolute Gasteiger partial charge is 0.507 e. The third kappa shape index (κ3) is 4.54. The Labute approximate surface area is 189 Å². The number of ether oxygens (including phenoxy) is 1. The summed E-state index contributed by atoms with van der Waals surface area (Å²) in [6, 6.07) is 18.5. The van der Waals surface area contributed by atoms with Crippen LogP contribution in [0.1, 0.15) is 26.3 Å². The topological polar surface area (TPSA) is 128 Å². The van der Waals surface area contributed by atoms with Crippen LogP contribution in [0.15, 0.2) is 66.7 Å². The van der Waals surface area contributed by atoms with Gasteiger partial charge in [-0.3, -0.25) is 4.79 Å². The molecule has 0 radical (unpaired) electrons. The third-order valence-corrected chi connectivity index (χ3v) is 5.02. The number of hydrogen-bond acceptors (Lipinski definition) is 7. The maximum absolute atomic E-state index is 11.8. The van der Waals surface area contributed by atoms with Crippen molar-refractivity contribution in [2.24, 2.45) is 5.73 Å². The number of esters is 1. The van der Waals surface area contributed by atoms with Crippen molar-refractivity contribution in [3.8, 4) is 39.9 Å². The van der Waals surface area contributed by atoms with E-state index in [2.05, 4.69) is 15.0 Å². The molecular formula is C25H20N4O4. The molecule has 3 N–H and O–H groups in total. The second-order valence-corrected chi connectivity index (χ2v) is 7.34. The number of rotatable bonds is 5. The van der Waals surface area contributed by atoms with Gasteiger partial charge in [0.1, 0.15) is 5.75 Å². The summed E-state index contributed by atoms with van der Waals surface area (Å²) in [5.41, 5.74) is 8.73. The van der Waals surface area contributed by atoms with Gasteiger partial charge in [-0.1, -0.05) is 30.3 Å². The van der Waals surface area contributed by atoms with Gasteiger partial charge in [0.25, 0.3) is 0 Å². The Hall–Kier alpha value is -4.59. The monoisotopic (exact) mass is 440 g/mol. The van der Waals surface area contributed by atoms with Crippen molar-refractivity contribution in [3.05, 3.63) is 83.4 Å². The SMILES string of the molecule is COC(=O)c1ccc(-c2nc(-c3ccc(C(N)=O)cc3)nc(-c3ccc(C)cc3O)n2)cc1. The molecule has 8 heteroatoms. The molecule has 1 heterocycles. The number of nitrogens with zero attached hydrogens (tertiary/aromatic N) is 3. The number of aromatic nitrogens is 3. The Balaban J connectivity index is 1.86. The van der Waals surface area contributed by atoms with Crippen molar-refractivity contribution < 1.29 is 19.4 Å². The third-order valence-electron chi connectivity index (χ3n) is 5.02. The van der Waals surface area contributed by atoms with Gasteiger partial charge in [0.05, 0.1) is 18.2 Å². The molecular weight excluding hydrogens is 420 g/mol. The second kappa shape index (κ2) is 8.88. The number of phenolic OH excluding ortho intramolecular Hbond substituents is 1. The number of aromatic hydroxyl groups is 1. The van der Waals surface area contributed by atoms with Gasteiger partial charge in [0, 0.05) is 16.7 Å². The van der Waals surface area contributed by atoms with E-state index in [9.17, 15) is 14.7 Å². The number of amides is 1. The van der Waals surface area contributed by atoms with Crippen LogP contribution in [0.5, 0.6) is 5.75 Å². The predicted molar refractivity (Wildman–Crippen MR) is 122 cm³/mol. The highest BCUT2D eigenvalue weighted by Gasteiger charge is 2.15. The number of phenols is 1. The number of carbonyl (C=O) groups excluding carboxylic acids is 2. The van der Waals surface area contributed by atoms with E-state index in [0.29, 0.717) is 39.5 Å².